The van der Waals surface area contributed by atoms with Gasteiger partial charge in [-0.1, -0.05) is 91.1 Å². The van der Waals surface area contributed by atoms with Gasteiger partial charge < -0.3 is 15.5 Å². The van der Waals surface area contributed by atoms with Crippen LogP contribution >= 0.6 is 35.6 Å². The van der Waals surface area contributed by atoms with Gasteiger partial charge >= 0.3 is 12.4 Å². The summed E-state index contributed by atoms with van der Waals surface area (Å²) in [6, 6.07) is 34.1. The Kier molecular flexibility index (Phi) is 15.2. The molecule has 2 aliphatic heterocycles. The number of nitrogens with zero attached hydrogens (tertiary/aromatic N) is 7. The number of anilines is 1. The average molecular weight is 921 g/mol. The smallest absolute Gasteiger partial charge is 0.384 e. The van der Waals surface area contributed by atoms with Gasteiger partial charge in [0.1, 0.15) is 28.5 Å². The molecule has 0 saturated carbocycles. The summed E-state index contributed by atoms with van der Waals surface area (Å²) in [6.45, 7) is 1.91. The van der Waals surface area contributed by atoms with Gasteiger partial charge in [0.05, 0.1) is 27.6 Å². The second-order valence-corrected chi connectivity index (χ2v) is 16.3. The van der Waals surface area contributed by atoms with E-state index in [2.05, 4.69) is 68.6 Å². The largest absolute Gasteiger partial charge is 0.431 e. The summed E-state index contributed by atoms with van der Waals surface area (Å²) in [4.78, 5) is 17.4. The zero-order valence-corrected chi connectivity index (χ0v) is 36.7. The molecule has 0 spiro atoms. The summed E-state index contributed by atoms with van der Waals surface area (Å²) in [7, 11) is 4.03. The quantitative estimate of drug-likeness (QED) is 0.100. The summed E-state index contributed by atoms with van der Waals surface area (Å²) in [5.41, 5.74) is 11.6. The Morgan fingerprint density at radius 1 is 0.683 bits per heavy atom. The van der Waals surface area contributed by atoms with Gasteiger partial charge in [0.25, 0.3) is 0 Å². The molecule has 0 amide bonds. The molecule has 0 bridgehead atoms. The number of halogens is 7. The Morgan fingerprint density at radius 3 is 1.68 bits per heavy atom. The average Bonchev–Trinajstić information content (AvgIpc) is 4.05. The summed E-state index contributed by atoms with van der Waals surface area (Å²) < 4.78 is 79.2. The topological polar surface area (TPSA) is 80.0 Å². The van der Waals surface area contributed by atoms with E-state index in [1.165, 1.54) is 52.9 Å². The molecule has 17 heteroatoms. The predicted molar refractivity (Wildman–Crippen MR) is 245 cm³/mol. The highest BCUT2D eigenvalue weighted by atomic mass is 35.5. The number of nitrogen functional groups attached to an aromatic ring is 1. The molecule has 328 valence electrons. The van der Waals surface area contributed by atoms with Crippen LogP contribution < -0.4 is 5.73 Å². The molecule has 0 aliphatic carbocycles. The first-order valence-corrected chi connectivity index (χ1v) is 21.4. The number of aromatic nitrogens is 5. The molecule has 2 N–H and O–H groups in total. The first-order chi connectivity index (χ1) is 30.0. The van der Waals surface area contributed by atoms with E-state index < -0.39 is 23.7 Å². The van der Waals surface area contributed by atoms with E-state index in [0.717, 1.165) is 44.5 Å². The van der Waals surface area contributed by atoms with Crippen LogP contribution in [0.5, 0.6) is 0 Å². The molecule has 2 aromatic carbocycles. The molecule has 1 unspecified atom stereocenters. The van der Waals surface area contributed by atoms with Crippen molar-refractivity contribution in [3.8, 4) is 0 Å². The predicted octanol–water partition coefficient (Wildman–Crippen LogP) is 12.0. The zero-order chi connectivity index (χ0) is 45.3. The molecule has 2 aliphatic rings. The number of aryl methyl sites for hydroxylation is 1. The lowest BCUT2D eigenvalue weighted by Crippen LogP contribution is -2.18. The summed E-state index contributed by atoms with van der Waals surface area (Å²) >= 11 is 12.4. The summed E-state index contributed by atoms with van der Waals surface area (Å²) in [5, 5.41) is 0.243. The third-order valence-electron chi connectivity index (χ3n) is 9.72. The Morgan fingerprint density at radius 2 is 1.21 bits per heavy atom. The second kappa shape index (κ2) is 20.6. The number of hydrogen-bond acceptors (Lipinski definition) is 7. The molecule has 7 heterocycles. The number of imidazole rings is 2. The number of nitrogens with two attached hydrogens (primary N) is 1. The van der Waals surface area contributed by atoms with Gasteiger partial charge in [-0.3, -0.25) is 8.80 Å². The van der Waals surface area contributed by atoms with Crippen molar-refractivity contribution >= 4 is 68.8 Å². The van der Waals surface area contributed by atoms with E-state index in [1.807, 2.05) is 62.3 Å². The normalized spacial score (nSPS) is 15.0. The van der Waals surface area contributed by atoms with E-state index in [1.54, 1.807) is 23.9 Å². The van der Waals surface area contributed by atoms with E-state index in [4.69, 9.17) is 29.6 Å². The van der Waals surface area contributed by atoms with Crippen molar-refractivity contribution in [2.24, 2.45) is 0 Å². The van der Waals surface area contributed by atoms with Crippen LogP contribution in [0.25, 0.3) is 22.4 Å². The fourth-order valence-corrected chi connectivity index (χ4v) is 8.10. The first-order valence-electron chi connectivity index (χ1n) is 19.4. The van der Waals surface area contributed by atoms with Crippen LogP contribution in [0.3, 0.4) is 0 Å². The minimum absolute atomic E-state index is 0.0962. The summed E-state index contributed by atoms with van der Waals surface area (Å²) in [6.07, 6.45) is 0.0453. The Bertz CT molecular complexity index is 2680. The van der Waals surface area contributed by atoms with E-state index in [0.29, 0.717) is 28.6 Å². The van der Waals surface area contributed by atoms with Crippen LogP contribution in [-0.4, -0.2) is 58.0 Å². The van der Waals surface area contributed by atoms with Gasteiger partial charge in [-0.25, -0.2) is 15.0 Å². The molecule has 0 saturated heterocycles. The highest BCUT2D eigenvalue weighted by molar-refractivity contribution is 7.99. The van der Waals surface area contributed by atoms with Gasteiger partial charge in [-0.15, -0.1) is 23.4 Å². The van der Waals surface area contributed by atoms with E-state index in [9.17, 15) is 26.3 Å². The third kappa shape index (κ3) is 12.4. The molecular weight excluding hydrogens is 878 g/mol. The molecule has 7 aromatic rings. The maximum absolute atomic E-state index is 13.1. The molecule has 63 heavy (non-hydrogen) atoms. The van der Waals surface area contributed by atoms with Crippen molar-refractivity contribution in [2.75, 3.05) is 19.8 Å². The maximum Gasteiger partial charge on any atom is 0.431 e. The highest BCUT2D eigenvalue weighted by Crippen LogP contribution is 2.36. The molecule has 0 fully saturated rings. The van der Waals surface area contributed by atoms with Gasteiger partial charge in [0.2, 0.25) is 0 Å². The molecule has 1 atom stereocenters. The molecule has 9 rings (SSSR count). The lowest BCUT2D eigenvalue weighted by molar-refractivity contribution is -0.142. The van der Waals surface area contributed by atoms with Crippen molar-refractivity contribution in [2.45, 2.75) is 49.1 Å². The minimum Gasteiger partial charge on any atom is -0.384 e. The molecule has 8 nitrogen and oxygen atoms in total. The summed E-state index contributed by atoms with van der Waals surface area (Å²) in [5.74, 6) is 1.24. The van der Waals surface area contributed by atoms with Crippen LogP contribution in [0.4, 0.5) is 32.2 Å². The van der Waals surface area contributed by atoms with Crippen LogP contribution in [0.1, 0.15) is 52.4 Å². The van der Waals surface area contributed by atoms with Gasteiger partial charge in [-0.05, 0) is 65.6 Å². The zero-order valence-electron chi connectivity index (χ0n) is 34.4. The Balaban J connectivity index is 0.000000155. The number of thiocarbonyl (C=S) groups is 1. The van der Waals surface area contributed by atoms with E-state index >= 15 is 0 Å². The van der Waals surface area contributed by atoms with Crippen LogP contribution in [0, 0.1) is 6.92 Å². The Hall–Kier alpha value is -5.84. The minimum atomic E-state index is -4.40. The fraction of sp³-hybridized carbons (Fsp3) is 0.217. The van der Waals surface area contributed by atoms with Gasteiger partial charge in [0.15, 0.2) is 0 Å². The monoisotopic (exact) mass is 920 g/mol. The number of rotatable bonds is 6. The number of pyridine rings is 3. The number of fused-ring (bicyclic) bond motifs is 2. The molecular formula is C46H43ClF6N8S2. The van der Waals surface area contributed by atoms with Crippen LogP contribution in [0.2, 0.25) is 0 Å². The van der Waals surface area contributed by atoms with Crippen LogP contribution in [0.15, 0.2) is 140 Å². The van der Waals surface area contributed by atoms with Crippen LogP contribution in [-0.2, 0) is 24.0 Å². The number of benzene rings is 2. The maximum atomic E-state index is 13.1. The van der Waals surface area contributed by atoms with E-state index in [-0.39, 0.29) is 16.9 Å². The Labute approximate surface area is 375 Å². The number of hydrogen-bond donors (Lipinski definition) is 1. The second-order valence-electron chi connectivity index (χ2n) is 14.4. The standard InChI is InChI=1S/C20H18F3N3S.C11H11NS.C9H6ClF3N2.C6H8N2/c1-25-11-15(14-6-3-2-4-7-14)10-19(25)27-13-16-12-26-17(20(21,22)23)8-5-9-18(26)24-16;1-12-8-10(7-11(12)13)9-5-3-2-4-6-9;10-4-6-5-15-7(9(11,12)13)2-1-3-8(15)14-6;1-5-3-2-4-6(7)8-5/h2-9,11-12,19H,10,13H2,1H3;2-6,8H,7H2,1H3;1-3,5H,4H2;2-4H,1H3,(H2,7,8). The number of thioether (sulfide) groups is 1. The van der Waals surface area contributed by atoms with Crippen molar-refractivity contribution in [1.29, 1.82) is 0 Å². The molecule has 0 radical (unpaired) electrons. The molecule has 5 aromatic heterocycles. The number of alkyl halides is 7. The van der Waals surface area contributed by atoms with Gasteiger partial charge in [-0.2, -0.15) is 26.3 Å². The van der Waals surface area contributed by atoms with Crippen molar-refractivity contribution in [1.82, 2.24) is 33.6 Å². The lowest BCUT2D eigenvalue weighted by Gasteiger charge is -2.19. The fourth-order valence-electron chi connectivity index (χ4n) is 6.67. The van der Waals surface area contributed by atoms with Crippen molar-refractivity contribution < 1.29 is 26.3 Å². The van der Waals surface area contributed by atoms with Gasteiger partial charge in [0, 0.05) is 63.2 Å². The lowest BCUT2D eigenvalue weighted by atomic mass is 10.1. The third-order valence-corrected chi connectivity index (χ3v) is 11.8. The highest BCUT2D eigenvalue weighted by Gasteiger charge is 2.34. The van der Waals surface area contributed by atoms with Crippen molar-refractivity contribution in [3.05, 3.63) is 180 Å². The first kappa shape index (κ1) is 46.7. The SMILES string of the molecule is CN1C=C(c2ccccc2)CC1=S.CN1C=C(c2ccccc2)CC1SCc1cn2c(C(F)(F)F)cccc2n1.Cc1cccc(N)n1.FC(F)(F)c1cccc2nc(CCl)cn12. The van der Waals surface area contributed by atoms with Crippen molar-refractivity contribution in [3.63, 3.8) is 0 Å².